The van der Waals surface area contributed by atoms with E-state index in [9.17, 15) is 9.18 Å². The van der Waals surface area contributed by atoms with E-state index in [0.717, 1.165) is 18.5 Å². The van der Waals surface area contributed by atoms with Crippen LogP contribution in [0.2, 0.25) is 10.4 Å². The highest BCUT2D eigenvalue weighted by molar-refractivity contribution is 6.30. The summed E-state index contributed by atoms with van der Waals surface area (Å²) in [5, 5.41) is -0.174. The molecule has 2 heterocycles. The van der Waals surface area contributed by atoms with Crippen LogP contribution in [0.1, 0.15) is 24.5 Å². The first-order valence-corrected chi connectivity index (χ1v) is 8.00. The molecule has 4 rings (SSSR count). The lowest BCUT2D eigenvalue weighted by Crippen LogP contribution is -2.22. The Morgan fingerprint density at radius 3 is 2.67 bits per heavy atom. The summed E-state index contributed by atoms with van der Waals surface area (Å²) in [5.41, 5.74) is 0.648. The van der Waals surface area contributed by atoms with Crippen LogP contribution in [-0.4, -0.2) is 14.5 Å². The monoisotopic (exact) mass is 365 g/mol. The highest BCUT2D eigenvalue weighted by atomic mass is 35.5. The van der Waals surface area contributed by atoms with Gasteiger partial charge in [-0.3, -0.25) is 0 Å². The van der Waals surface area contributed by atoms with E-state index in [1.807, 2.05) is 0 Å². The number of nitrogens with zero attached hydrogens (tertiary/aromatic N) is 3. The van der Waals surface area contributed by atoms with Gasteiger partial charge in [0, 0.05) is 17.7 Å². The van der Waals surface area contributed by atoms with Gasteiger partial charge in [0.1, 0.15) is 5.82 Å². The van der Waals surface area contributed by atoms with Crippen LogP contribution in [-0.2, 0) is 0 Å². The zero-order valence-corrected chi connectivity index (χ0v) is 13.7. The SMILES string of the molecule is O=c1nc(C2CC2)ccn1-c1nc(Cl)oc1-c1ccc(Cl)c(F)c1. The largest absolute Gasteiger partial charge is 0.425 e. The van der Waals surface area contributed by atoms with Gasteiger partial charge in [0.05, 0.1) is 10.7 Å². The van der Waals surface area contributed by atoms with Gasteiger partial charge in [-0.1, -0.05) is 11.6 Å². The number of hydrogen-bond donors (Lipinski definition) is 0. The minimum Gasteiger partial charge on any atom is -0.425 e. The molecule has 5 nitrogen and oxygen atoms in total. The van der Waals surface area contributed by atoms with Crippen molar-refractivity contribution >= 4 is 23.2 Å². The predicted molar refractivity (Wildman–Crippen MR) is 87.3 cm³/mol. The van der Waals surface area contributed by atoms with E-state index in [1.165, 1.54) is 16.7 Å². The molecule has 0 N–H and O–H groups in total. The third kappa shape index (κ3) is 2.72. The van der Waals surface area contributed by atoms with Crippen LogP contribution >= 0.6 is 23.2 Å². The van der Waals surface area contributed by atoms with Crippen LogP contribution in [0.5, 0.6) is 0 Å². The third-order valence-corrected chi connectivity index (χ3v) is 4.28. The molecule has 122 valence electrons. The number of hydrogen-bond acceptors (Lipinski definition) is 4. The Labute approximate surface area is 145 Å². The molecule has 1 aliphatic carbocycles. The molecule has 0 unspecified atom stereocenters. The van der Waals surface area contributed by atoms with Gasteiger partial charge in [-0.05, 0) is 48.7 Å². The molecule has 0 radical (unpaired) electrons. The summed E-state index contributed by atoms with van der Waals surface area (Å²) >= 11 is 11.5. The maximum Gasteiger partial charge on any atom is 0.353 e. The summed E-state index contributed by atoms with van der Waals surface area (Å²) in [6.07, 6.45) is 3.66. The van der Waals surface area contributed by atoms with E-state index in [0.29, 0.717) is 11.5 Å². The molecule has 0 spiro atoms. The molecular weight excluding hydrogens is 356 g/mol. The molecule has 8 heteroatoms. The fourth-order valence-electron chi connectivity index (χ4n) is 2.46. The topological polar surface area (TPSA) is 60.9 Å². The van der Waals surface area contributed by atoms with E-state index in [2.05, 4.69) is 9.97 Å². The number of oxazole rings is 1. The van der Waals surface area contributed by atoms with Gasteiger partial charge in [0.15, 0.2) is 11.6 Å². The van der Waals surface area contributed by atoms with E-state index in [-0.39, 0.29) is 22.0 Å². The maximum atomic E-state index is 13.7. The van der Waals surface area contributed by atoms with E-state index in [4.69, 9.17) is 27.6 Å². The molecule has 1 aliphatic rings. The Morgan fingerprint density at radius 2 is 2.00 bits per heavy atom. The van der Waals surface area contributed by atoms with Crippen LogP contribution in [0.4, 0.5) is 4.39 Å². The second-order valence-corrected chi connectivity index (χ2v) is 6.26. The summed E-state index contributed by atoms with van der Waals surface area (Å²) in [6, 6.07) is 5.92. The zero-order valence-electron chi connectivity index (χ0n) is 12.2. The lowest BCUT2D eigenvalue weighted by molar-refractivity contribution is 0.571. The average molecular weight is 366 g/mol. The fraction of sp³-hybridized carbons (Fsp3) is 0.188. The summed E-state index contributed by atoms with van der Waals surface area (Å²) < 4.78 is 20.3. The summed E-state index contributed by atoms with van der Waals surface area (Å²) in [4.78, 5) is 20.4. The van der Waals surface area contributed by atoms with Crippen molar-refractivity contribution in [2.75, 3.05) is 0 Å². The first kappa shape index (κ1) is 15.4. The van der Waals surface area contributed by atoms with Gasteiger partial charge in [-0.25, -0.2) is 13.8 Å². The minimum absolute atomic E-state index is 0.0152. The second kappa shape index (κ2) is 5.72. The highest BCUT2D eigenvalue weighted by Gasteiger charge is 2.26. The van der Waals surface area contributed by atoms with Crippen LogP contribution in [0, 0.1) is 5.82 Å². The molecule has 3 aromatic rings. The van der Waals surface area contributed by atoms with Crippen molar-refractivity contribution in [3.8, 4) is 17.1 Å². The van der Waals surface area contributed by atoms with Crippen LogP contribution in [0.25, 0.3) is 17.1 Å². The first-order chi connectivity index (χ1) is 11.5. The fourth-order valence-corrected chi connectivity index (χ4v) is 2.73. The molecule has 0 bridgehead atoms. The van der Waals surface area contributed by atoms with E-state index < -0.39 is 11.5 Å². The van der Waals surface area contributed by atoms with Crippen molar-refractivity contribution in [1.82, 2.24) is 14.5 Å². The quantitative estimate of drug-likeness (QED) is 0.697. The number of benzene rings is 1. The van der Waals surface area contributed by atoms with Crippen molar-refractivity contribution in [3.63, 3.8) is 0 Å². The Kier molecular flexibility index (Phi) is 3.66. The predicted octanol–water partition coefficient (Wildman–Crippen LogP) is 4.21. The second-order valence-electron chi connectivity index (χ2n) is 5.53. The van der Waals surface area contributed by atoms with Crippen molar-refractivity contribution in [3.05, 3.63) is 62.8 Å². The summed E-state index contributed by atoms with van der Waals surface area (Å²) in [5.74, 6) is 0.0699. The number of halogens is 3. The zero-order chi connectivity index (χ0) is 16.8. The Morgan fingerprint density at radius 1 is 1.21 bits per heavy atom. The molecule has 0 saturated heterocycles. The molecule has 0 amide bonds. The number of rotatable bonds is 3. The van der Waals surface area contributed by atoms with Crippen LogP contribution in [0.15, 0.2) is 39.7 Å². The normalized spacial score (nSPS) is 14.1. The Hall–Kier alpha value is -2.18. The van der Waals surface area contributed by atoms with Crippen molar-refractivity contribution in [2.24, 2.45) is 0 Å². The Balaban J connectivity index is 1.84. The molecule has 1 saturated carbocycles. The smallest absolute Gasteiger partial charge is 0.353 e. The summed E-state index contributed by atoms with van der Waals surface area (Å²) in [6.45, 7) is 0. The van der Waals surface area contributed by atoms with Crippen molar-refractivity contribution in [1.29, 1.82) is 0 Å². The lowest BCUT2D eigenvalue weighted by Gasteiger charge is -2.05. The molecule has 0 aliphatic heterocycles. The van der Waals surface area contributed by atoms with Gasteiger partial charge >= 0.3 is 5.69 Å². The highest BCUT2D eigenvalue weighted by Crippen LogP contribution is 2.38. The van der Waals surface area contributed by atoms with Gasteiger partial charge < -0.3 is 4.42 Å². The first-order valence-electron chi connectivity index (χ1n) is 7.24. The van der Waals surface area contributed by atoms with E-state index in [1.54, 1.807) is 18.3 Å². The molecule has 2 aromatic heterocycles. The molecule has 1 aromatic carbocycles. The molecule has 24 heavy (non-hydrogen) atoms. The molecule has 1 fully saturated rings. The molecule has 0 atom stereocenters. The van der Waals surface area contributed by atoms with Gasteiger partial charge in [0.2, 0.25) is 0 Å². The van der Waals surface area contributed by atoms with E-state index >= 15 is 0 Å². The van der Waals surface area contributed by atoms with Gasteiger partial charge in [0.25, 0.3) is 5.35 Å². The average Bonchev–Trinajstić information content (AvgIpc) is 3.33. The van der Waals surface area contributed by atoms with Crippen molar-refractivity contribution < 1.29 is 8.81 Å². The Bertz CT molecular complexity index is 995. The van der Waals surface area contributed by atoms with Gasteiger partial charge in [-0.2, -0.15) is 9.97 Å². The van der Waals surface area contributed by atoms with Gasteiger partial charge in [-0.15, -0.1) is 0 Å². The number of aromatic nitrogens is 3. The minimum atomic E-state index is -0.609. The van der Waals surface area contributed by atoms with Crippen molar-refractivity contribution in [2.45, 2.75) is 18.8 Å². The summed E-state index contributed by atoms with van der Waals surface area (Å²) in [7, 11) is 0. The third-order valence-electron chi connectivity index (χ3n) is 3.81. The van der Waals surface area contributed by atoms with Crippen LogP contribution < -0.4 is 5.69 Å². The molecular formula is C16H10Cl2FN3O2. The van der Waals surface area contributed by atoms with Crippen LogP contribution in [0.3, 0.4) is 0 Å². The lowest BCUT2D eigenvalue weighted by atomic mass is 10.1. The standard InChI is InChI=1S/C16H10Cl2FN3O2/c17-10-4-3-9(7-11(10)19)13-14(21-15(18)24-13)22-6-5-12(8-1-2-8)20-16(22)23/h3-8H,1-2H2. The maximum absolute atomic E-state index is 13.7.